The number of nitrogens with one attached hydrogen (secondary N) is 1. The summed E-state index contributed by atoms with van der Waals surface area (Å²) in [6, 6.07) is 5.00. The first-order chi connectivity index (χ1) is 11.6. The second-order valence-electron chi connectivity index (χ2n) is 5.81. The Bertz CT molecular complexity index is 916. The number of rotatable bonds is 3. The summed E-state index contributed by atoms with van der Waals surface area (Å²) in [6.07, 6.45) is 5.01. The van der Waals surface area contributed by atoms with Gasteiger partial charge in [-0.25, -0.2) is 14.5 Å². The van der Waals surface area contributed by atoms with E-state index in [1.54, 1.807) is 16.8 Å². The smallest absolute Gasteiger partial charge is 0.274 e. The van der Waals surface area contributed by atoms with E-state index < -0.39 is 0 Å². The zero-order valence-electron chi connectivity index (χ0n) is 13.0. The van der Waals surface area contributed by atoms with E-state index in [1.165, 1.54) is 12.3 Å². The van der Waals surface area contributed by atoms with E-state index >= 15 is 0 Å². The fourth-order valence-electron chi connectivity index (χ4n) is 2.84. The molecule has 8 heteroatoms. The van der Waals surface area contributed by atoms with E-state index in [2.05, 4.69) is 25.3 Å². The van der Waals surface area contributed by atoms with Crippen LogP contribution in [0, 0.1) is 6.92 Å². The molecule has 122 valence electrons. The van der Waals surface area contributed by atoms with Gasteiger partial charge in [0.15, 0.2) is 11.5 Å². The van der Waals surface area contributed by atoms with Gasteiger partial charge in [-0.2, -0.15) is 5.10 Å². The van der Waals surface area contributed by atoms with Gasteiger partial charge < -0.3 is 15.3 Å². The summed E-state index contributed by atoms with van der Waals surface area (Å²) in [7, 11) is 0. The van der Waals surface area contributed by atoms with Crippen molar-refractivity contribution in [2.45, 2.75) is 13.0 Å². The minimum atomic E-state index is -0.371. The first-order valence-electron chi connectivity index (χ1n) is 7.62. The van der Waals surface area contributed by atoms with Crippen LogP contribution in [0.25, 0.3) is 5.52 Å². The fourth-order valence-corrected chi connectivity index (χ4v) is 2.84. The standard InChI is InChI=1S/C16H16N6O2/c1-10-7-12-15(18-5-6-22(12)20-10)21-8-11(9-21)19-16(24)14-13(23)3-2-4-17-14/h2-7,11,23H,8-9H2,1H3,(H,19,24). The molecule has 4 rings (SSSR count). The van der Waals surface area contributed by atoms with Crippen LogP contribution in [0.4, 0.5) is 5.82 Å². The molecule has 2 N–H and O–H groups in total. The summed E-state index contributed by atoms with van der Waals surface area (Å²) in [5, 5.41) is 16.9. The number of hydrogen-bond acceptors (Lipinski definition) is 6. The molecule has 0 bridgehead atoms. The molecule has 1 fully saturated rings. The maximum Gasteiger partial charge on any atom is 0.274 e. The zero-order chi connectivity index (χ0) is 16.7. The van der Waals surface area contributed by atoms with Crippen molar-refractivity contribution in [3.05, 3.63) is 48.2 Å². The van der Waals surface area contributed by atoms with Crippen LogP contribution in [0.1, 0.15) is 16.2 Å². The van der Waals surface area contributed by atoms with Crippen LogP contribution in [0.2, 0.25) is 0 Å². The van der Waals surface area contributed by atoms with E-state index in [0.29, 0.717) is 13.1 Å². The number of aryl methyl sites for hydroxylation is 1. The molecule has 3 aromatic heterocycles. The molecule has 0 saturated carbocycles. The van der Waals surface area contributed by atoms with Crippen molar-refractivity contribution in [2.75, 3.05) is 18.0 Å². The molecule has 0 spiro atoms. The quantitative estimate of drug-likeness (QED) is 0.738. The number of hydrogen-bond donors (Lipinski definition) is 2. The van der Waals surface area contributed by atoms with E-state index in [-0.39, 0.29) is 23.4 Å². The highest BCUT2D eigenvalue weighted by Crippen LogP contribution is 2.24. The molecule has 0 aromatic carbocycles. The summed E-state index contributed by atoms with van der Waals surface area (Å²) in [4.78, 5) is 22.6. The lowest BCUT2D eigenvalue weighted by atomic mass is 10.1. The number of carbonyl (C=O) groups excluding carboxylic acids is 1. The van der Waals surface area contributed by atoms with E-state index in [1.807, 2.05) is 19.2 Å². The van der Waals surface area contributed by atoms with E-state index in [9.17, 15) is 9.90 Å². The van der Waals surface area contributed by atoms with Gasteiger partial charge in [0.25, 0.3) is 5.91 Å². The van der Waals surface area contributed by atoms with Crippen LogP contribution < -0.4 is 10.2 Å². The zero-order valence-corrected chi connectivity index (χ0v) is 13.0. The normalized spacial score (nSPS) is 14.6. The summed E-state index contributed by atoms with van der Waals surface area (Å²) in [5.74, 6) is 0.362. The van der Waals surface area contributed by atoms with Gasteiger partial charge in [-0.3, -0.25) is 4.79 Å². The topological polar surface area (TPSA) is 95.7 Å². The van der Waals surface area contributed by atoms with Gasteiger partial charge >= 0.3 is 0 Å². The second kappa shape index (κ2) is 5.48. The Morgan fingerprint density at radius 1 is 1.33 bits per heavy atom. The van der Waals surface area contributed by atoms with Gasteiger partial charge in [-0.05, 0) is 25.1 Å². The van der Waals surface area contributed by atoms with Crippen LogP contribution in [-0.4, -0.2) is 49.7 Å². The second-order valence-corrected chi connectivity index (χ2v) is 5.81. The molecule has 0 unspecified atom stereocenters. The van der Waals surface area contributed by atoms with E-state index in [4.69, 9.17) is 0 Å². The molecule has 1 amide bonds. The predicted molar refractivity (Wildman–Crippen MR) is 87.1 cm³/mol. The number of fused-ring (bicyclic) bond motifs is 1. The number of aromatic nitrogens is 4. The van der Waals surface area contributed by atoms with Crippen molar-refractivity contribution < 1.29 is 9.90 Å². The molecule has 0 radical (unpaired) electrons. The minimum absolute atomic E-state index is 0.00928. The number of pyridine rings is 1. The Kier molecular flexibility index (Phi) is 3.30. The van der Waals surface area contributed by atoms with E-state index in [0.717, 1.165) is 17.0 Å². The molecule has 1 saturated heterocycles. The molecule has 3 aromatic rings. The number of amides is 1. The molecule has 0 aliphatic carbocycles. The molecule has 8 nitrogen and oxygen atoms in total. The molecule has 1 aliphatic rings. The molecular formula is C16H16N6O2. The lowest BCUT2D eigenvalue weighted by molar-refractivity contribution is 0.0922. The monoisotopic (exact) mass is 324 g/mol. The number of anilines is 1. The van der Waals surface area contributed by atoms with Crippen LogP contribution in [0.15, 0.2) is 36.8 Å². The summed E-state index contributed by atoms with van der Waals surface area (Å²) in [6.45, 7) is 3.24. The van der Waals surface area contributed by atoms with Crippen LogP contribution in [0.3, 0.4) is 0 Å². The van der Waals surface area contributed by atoms with Crippen molar-refractivity contribution in [1.82, 2.24) is 24.9 Å². The first-order valence-corrected chi connectivity index (χ1v) is 7.62. The SMILES string of the molecule is Cc1cc2c(N3CC(NC(=O)c4ncccc4O)C3)nccn2n1. The first kappa shape index (κ1) is 14.4. The summed E-state index contributed by atoms with van der Waals surface area (Å²) < 4.78 is 1.80. The number of aromatic hydroxyl groups is 1. The highest BCUT2D eigenvalue weighted by Gasteiger charge is 2.31. The molecule has 0 atom stereocenters. The molecule has 24 heavy (non-hydrogen) atoms. The fraction of sp³-hybridized carbons (Fsp3) is 0.250. The maximum absolute atomic E-state index is 12.1. The molecule has 4 heterocycles. The van der Waals surface area contributed by atoms with Gasteiger partial charge in [0, 0.05) is 31.7 Å². The van der Waals surface area contributed by atoms with Gasteiger partial charge in [0.1, 0.15) is 11.3 Å². The summed E-state index contributed by atoms with van der Waals surface area (Å²) >= 11 is 0. The Balaban J connectivity index is 1.45. The van der Waals surface area contributed by atoms with Gasteiger partial charge in [0.2, 0.25) is 0 Å². The van der Waals surface area contributed by atoms with Crippen molar-refractivity contribution >= 4 is 17.2 Å². The third kappa shape index (κ3) is 2.41. The van der Waals surface area contributed by atoms with Crippen LogP contribution in [0.5, 0.6) is 5.75 Å². The minimum Gasteiger partial charge on any atom is -0.505 e. The molecular weight excluding hydrogens is 308 g/mol. The lowest BCUT2D eigenvalue weighted by Crippen LogP contribution is -2.59. The highest BCUT2D eigenvalue weighted by atomic mass is 16.3. The number of nitrogens with zero attached hydrogens (tertiary/aromatic N) is 5. The van der Waals surface area contributed by atoms with Crippen molar-refractivity contribution in [3.8, 4) is 5.75 Å². The predicted octanol–water partition coefficient (Wildman–Crippen LogP) is 0.757. The van der Waals surface area contributed by atoms with Crippen LogP contribution >= 0.6 is 0 Å². The Hall–Kier alpha value is -3.16. The van der Waals surface area contributed by atoms with Crippen molar-refractivity contribution in [3.63, 3.8) is 0 Å². The van der Waals surface area contributed by atoms with Gasteiger partial charge in [-0.15, -0.1) is 0 Å². The largest absolute Gasteiger partial charge is 0.505 e. The van der Waals surface area contributed by atoms with Gasteiger partial charge in [-0.1, -0.05) is 0 Å². The average Bonchev–Trinajstić information content (AvgIpc) is 2.91. The number of carbonyl (C=O) groups is 1. The Morgan fingerprint density at radius 2 is 2.17 bits per heavy atom. The van der Waals surface area contributed by atoms with Crippen LogP contribution in [-0.2, 0) is 0 Å². The lowest BCUT2D eigenvalue weighted by Gasteiger charge is -2.40. The maximum atomic E-state index is 12.1. The third-order valence-corrected chi connectivity index (χ3v) is 4.01. The van der Waals surface area contributed by atoms with Crippen molar-refractivity contribution in [2.24, 2.45) is 0 Å². The Labute approximate surface area is 137 Å². The average molecular weight is 324 g/mol. The van der Waals surface area contributed by atoms with Crippen molar-refractivity contribution in [1.29, 1.82) is 0 Å². The summed E-state index contributed by atoms with van der Waals surface area (Å²) in [5.41, 5.74) is 1.92. The highest BCUT2D eigenvalue weighted by molar-refractivity contribution is 5.95. The Morgan fingerprint density at radius 3 is 2.96 bits per heavy atom. The van der Waals surface area contributed by atoms with Gasteiger partial charge in [0.05, 0.1) is 11.7 Å². The molecule has 1 aliphatic heterocycles. The third-order valence-electron chi connectivity index (χ3n) is 4.01.